The van der Waals surface area contributed by atoms with Crippen LogP contribution in [0.4, 0.5) is 0 Å². The number of hydrogen-bond donors (Lipinski definition) is 1. The second kappa shape index (κ2) is 7.77. The van der Waals surface area contributed by atoms with E-state index >= 15 is 0 Å². The molecule has 2 aromatic carbocycles. The van der Waals surface area contributed by atoms with Crippen molar-refractivity contribution in [1.82, 2.24) is 4.57 Å². The summed E-state index contributed by atoms with van der Waals surface area (Å²) < 4.78 is 7.35. The fourth-order valence-electron chi connectivity index (χ4n) is 5.43. The third-order valence-corrected chi connectivity index (χ3v) is 6.85. The van der Waals surface area contributed by atoms with Gasteiger partial charge >= 0.3 is 0 Å². The van der Waals surface area contributed by atoms with Gasteiger partial charge in [-0.1, -0.05) is 24.3 Å². The number of benzene rings is 2. The first-order chi connectivity index (χ1) is 14.6. The van der Waals surface area contributed by atoms with Crippen molar-refractivity contribution in [3.8, 4) is 16.9 Å². The lowest BCUT2D eigenvalue weighted by Crippen LogP contribution is -3.13. The molecule has 2 bridgehead atoms. The number of quaternary nitrogens is 1. The fraction of sp³-hybridized carbons (Fsp3) is 0.346. The van der Waals surface area contributed by atoms with E-state index in [2.05, 4.69) is 47.9 Å². The second-order valence-corrected chi connectivity index (χ2v) is 8.88. The van der Waals surface area contributed by atoms with E-state index in [-0.39, 0.29) is 5.56 Å². The molecule has 1 saturated heterocycles. The minimum Gasteiger partial charge on any atom is -0.497 e. The van der Waals surface area contributed by atoms with Gasteiger partial charge in [-0.3, -0.25) is 4.79 Å². The molecule has 3 aromatic rings. The summed E-state index contributed by atoms with van der Waals surface area (Å²) in [5.41, 5.74) is 5.79. The van der Waals surface area contributed by atoms with Crippen LogP contribution in [0.1, 0.15) is 29.2 Å². The number of hydrogen-bond acceptors (Lipinski definition) is 2. The summed E-state index contributed by atoms with van der Waals surface area (Å²) >= 11 is 0. The predicted octanol–water partition coefficient (Wildman–Crippen LogP) is 3.03. The topological polar surface area (TPSA) is 35.7 Å². The highest BCUT2D eigenvalue weighted by molar-refractivity contribution is 5.66. The molecule has 30 heavy (non-hydrogen) atoms. The molecular formula is C26H29N2O2+. The van der Waals surface area contributed by atoms with Gasteiger partial charge in [-0.15, -0.1) is 0 Å². The van der Waals surface area contributed by atoms with Crippen LogP contribution in [0.5, 0.6) is 5.75 Å². The summed E-state index contributed by atoms with van der Waals surface area (Å²) in [6.07, 6.45) is 1.20. The third kappa shape index (κ3) is 3.46. The first-order valence-corrected chi connectivity index (χ1v) is 10.9. The number of pyridine rings is 1. The minimum absolute atomic E-state index is 0.176. The van der Waals surface area contributed by atoms with Crippen LogP contribution in [0.15, 0.2) is 65.5 Å². The zero-order valence-corrected chi connectivity index (χ0v) is 17.7. The van der Waals surface area contributed by atoms with Gasteiger partial charge in [0, 0.05) is 35.2 Å². The van der Waals surface area contributed by atoms with Gasteiger partial charge in [-0.05, 0) is 60.9 Å². The van der Waals surface area contributed by atoms with Crippen molar-refractivity contribution in [3.05, 3.63) is 87.8 Å². The average molecular weight is 402 g/mol. The molecular weight excluding hydrogens is 372 g/mol. The Morgan fingerprint density at radius 1 is 1.00 bits per heavy atom. The van der Waals surface area contributed by atoms with Crippen molar-refractivity contribution < 1.29 is 9.64 Å². The van der Waals surface area contributed by atoms with Gasteiger partial charge in [0.25, 0.3) is 5.56 Å². The maximum Gasteiger partial charge on any atom is 0.258 e. The number of methoxy groups -OCH3 is 1. The van der Waals surface area contributed by atoms with Crippen molar-refractivity contribution in [1.29, 1.82) is 0 Å². The summed E-state index contributed by atoms with van der Waals surface area (Å²) in [7, 11) is 1.70. The molecule has 1 unspecified atom stereocenters. The van der Waals surface area contributed by atoms with Crippen LogP contribution in [-0.2, 0) is 13.1 Å². The van der Waals surface area contributed by atoms with Crippen molar-refractivity contribution in [2.75, 3.05) is 20.2 Å². The monoisotopic (exact) mass is 401 g/mol. The van der Waals surface area contributed by atoms with Crippen LogP contribution in [0.3, 0.4) is 0 Å². The first kappa shape index (κ1) is 19.1. The molecule has 1 aromatic heterocycles. The van der Waals surface area contributed by atoms with E-state index in [4.69, 9.17) is 4.74 Å². The molecule has 2 aliphatic heterocycles. The Kier molecular flexibility index (Phi) is 4.95. The van der Waals surface area contributed by atoms with Gasteiger partial charge in [0.2, 0.25) is 0 Å². The summed E-state index contributed by atoms with van der Waals surface area (Å²) in [4.78, 5) is 15.0. The van der Waals surface area contributed by atoms with E-state index in [1.165, 1.54) is 17.7 Å². The molecule has 1 N–H and O–H groups in total. The smallest absolute Gasteiger partial charge is 0.258 e. The van der Waals surface area contributed by atoms with Gasteiger partial charge in [0.15, 0.2) is 0 Å². The van der Waals surface area contributed by atoms with Crippen molar-refractivity contribution in [2.24, 2.45) is 5.92 Å². The number of aromatic nitrogens is 1. The van der Waals surface area contributed by atoms with Gasteiger partial charge in [0.05, 0.1) is 20.2 Å². The van der Waals surface area contributed by atoms with Crippen LogP contribution < -0.4 is 15.2 Å². The maximum absolute atomic E-state index is 13.4. The largest absolute Gasteiger partial charge is 0.497 e. The van der Waals surface area contributed by atoms with Crippen LogP contribution in [-0.4, -0.2) is 24.8 Å². The van der Waals surface area contributed by atoms with Gasteiger partial charge in [0.1, 0.15) is 12.3 Å². The van der Waals surface area contributed by atoms with E-state index < -0.39 is 0 Å². The normalized spacial score (nSPS) is 22.4. The highest BCUT2D eigenvalue weighted by atomic mass is 16.5. The molecule has 1 fully saturated rings. The van der Waals surface area contributed by atoms with Crippen LogP contribution in [0.25, 0.3) is 11.1 Å². The molecule has 2 aliphatic rings. The number of nitrogens with zero attached hydrogens (tertiary/aromatic N) is 1. The Bertz CT molecular complexity index is 1120. The quantitative estimate of drug-likeness (QED) is 0.730. The lowest BCUT2D eigenvalue weighted by Gasteiger charge is -2.40. The van der Waals surface area contributed by atoms with Crippen LogP contribution in [0.2, 0.25) is 0 Å². The van der Waals surface area contributed by atoms with E-state index in [1.54, 1.807) is 12.0 Å². The van der Waals surface area contributed by atoms with Gasteiger partial charge in [-0.2, -0.15) is 0 Å². The summed E-state index contributed by atoms with van der Waals surface area (Å²) in [5, 5.41) is 0. The third-order valence-electron chi connectivity index (χ3n) is 6.85. The number of nitrogens with one attached hydrogen (secondary N) is 1. The highest BCUT2D eigenvalue weighted by Gasteiger charge is 2.37. The zero-order chi connectivity index (χ0) is 20.7. The Balaban J connectivity index is 1.41. The molecule has 4 nitrogen and oxygen atoms in total. The number of aryl methyl sites for hydroxylation is 1. The van der Waals surface area contributed by atoms with Crippen LogP contribution in [0, 0.1) is 12.8 Å². The standard InChI is InChI=1S/C26H28N2O2/c1-18-5-3-4-6-23(18)24-11-12-25-21-13-20(16-28(25)26(24)29)15-27(17-21)14-19-7-9-22(30-2)10-8-19/h3-12,20-21H,13-17H2,1-2H3/p+1/t20-,21+/m0/s1. The number of fused-ring (bicyclic) bond motifs is 4. The molecule has 4 heteroatoms. The second-order valence-electron chi connectivity index (χ2n) is 8.88. The number of likely N-dealkylation sites (tertiary alicyclic amines) is 1. The Morgan fingerprint density at radius 3 is 2.57 bits per heavy atom. The van der Waals surface area contributed by atoms with Gasteiger partial charge < -0.3 is 14.2 Å². The van der Waals surface area contributed by atoms with E-state index in [1.807, 2.05) is 24.3 Å². The summed E-state index contributed by atoms with van der Waals surface area (Å²) in [6.45, 7) is 6.17. The lowest BCUT2D eigenvalue weighted by atomic mass is 9.82. The SMILES string of the molecule is COc1ccc(C[NH+]2C[C@@H]3C[C@H](C2)c2ccc(-c4ccccc4C)c(=O)n2C3)cc1. The average Bonchev–Trinajstić information content (AvgIpc) is 2.76. The molecule has 3 atom stereocenters. The van der Waals surface area contributed by atoms with Crippen LogP contribution >= 0.6 is 0 Å². The number of rotatable bonds is 4. The minimum atomic E-state index is 0.176. The zero-order valence-electron chi connectivity index (χ0n) is 17.7. The molecule has 3 heterocycles. The highest BCUT2D eigenvalue weighted by Crippen LogP contribution is 2.32. The molecule has 0 amide bonds. The summed E-state index contributed by atoms with van der Waals surface area (Å²) in [5.74, 6) is 1.93. The molecule has 0 aliphatic carbocycles. The predicted molar refractivity (Wildman–Crippen MR) is 119 cm³/mol. The molecule has 0 spiro atoms. The maximum atomic E-state index is 13.4. The van der Waals surface area contributed by atoms with Gasteiger partial charge in [-0.25, -0.2) is 0 Å². The van der Waals surface area contributed by atoms with E-state index in [0.717, 1.165) is 48.6 Å². The van der Waals surface area contributed by atoms with Crippen molar-refractivity contribution in [3.63, 3.8) is 0 Å². The number of piperidine rings is 1. The van der Waals surface area contributed by atoms with E-state index in [9.17, 15) is 4.79 Å². The Morgan fingerprint density at radius 2 is 1.80 bits per heavy atom. The fourth-order valence-corrected chi connectivity index (χ4v) is 5.43. The number of ether oxygens (including phenoxy) is 1. The molecule has 0 radical (unpaired) electrons. The van der Waals surface area contributed by atoms with Crippen molar-refractivity contribution in [2.45, 2.75) is 32.4 Å². The first-order valence-electron chi connectivity index (χ1n) is 10.9. The lowest BCUT2D eigenvalue weighted by molar-refractivity contribution is -0.924. The Labute approximate surface area is 177 Å². The molecule has 154 valence electrons. The summed E-state index contributed by atoms with van der Waals surface area (Å²) in [6, 6.07) is 20.9. The molecule has 0 saturated carbocycles. The Hall–Kier alpha value is -2.85. The van der Waals surface area contributed by atoms with E-state index in [0.29, 0.717) is 11.8 Å². The molecule has 5 rings (SSSR count). The van der Waals surface area contributed by atoms with Crippen molar-refractivity contribution >= 4 is 0 Å².